The lowest BCUT2D eigenvalue weighted by molar-refractivity contribution is -0.141. The van der Waals surface area contributed by atoms with E-state index in [0.717, 1.165) is 37.8 Å². The standard InChI is InChI=1S/C21H25F3N2O2/c22-15-10-14(11-16(23)12-15)21(24)7-9-25(13-21)20(28)17-4-1-2-5-18(17)26-8-3-6-19(26)27/h10-12,17-18H,1-9,13H2/t17-,18+,21?/m1/s1. The third-order valence-corrected chi connectivity index (χ3v) is 6.47. The Morgan fingerprint density at radius 3 is 2.43 bits per heavy atom. The molecule has 152 valence electrons. The molecule has 1 unspecified atom stereocenters. The Hall–Kier alpha value is -2.05. The summed E-state index contributed by atoms with van der Waals surface area (Å²) in [4.78, 5) is 28.7. The summed E-state index contributed by atoms with van der Waals surface area (Å²) >= 11 is 0. The van der Waals surface area contributed by atoms with Crippen molar-refractivity contribution in [3.8, 4) is 0 Å². The molecule has 1 aromatic carbocycles. The number of alkyl halides is 1. The Bertz CT molecular complexity index is 767. The molecule has 3 fully saturated rings. The summed E-state index contributed by atoms with van der Waals surface area (Å²) in [5.41, 5.74) is -2.01. The molecule has 7 heteroatoms. The topological polar surface area (TPSA) is 40.6 Å². The third kappa shape index (κ3) is 3.51. The number of amides is 2. The van der Waals surface area contributed by atoms with Gasteiger partial charge in [-0.1, -0.05) is 12.8 Å². The molecule has 2 saturated heterocycles. The molecule has 2 aliphatic heterocycles. The van der Waals surface area contributed by atoms with Crippen LogP contribution in [0.15, 0.2) is 18.2 Å². The van der Waals surface area contributed by atoms with E-state index in [1.54, 1.807) is 0 Å². The SMILES string of the molecule is O=C([C@@H]1CCCC[C@@H]1N1CCCC1=O)N1CCC(F)(c2cc(F)cc(F)c2)C1. The van der Waals surface area contributed by atoms with Gasteiger partial charge in [-0.25, -0.2) is 13.2 Å². The van der Waals surface area contributed by atoms with Crippen LogP contribution >= 0.6 is 0 Å². The molecule has 0 aromatic heterocycles. The molecule has 1 aromatic rings. The Kier molecular flexibility index (Phi) is 5.10. The van der Waals surface area contributed by atoms with Crippen molar-refractivity contribution in [2.24, 2.45) is 5.92 Å². The number of hydrogen-bond acceptors (Lipinski definition) is 2. The van der Waals surface area contributed by atoms with Crippen molar-refractivity contribution >= 4 is 11.8 Å². The maximum atomic E-state index is 15.5. The summed E-state index contributed by atoms with van der Waals surface area (Å²) in [7, 11) is 0. The molecule has 1 saturated carbocycles. The van der Waals surface area contributed by atoms with Crippen LogP contribution in [0, 0.1) is 17.6 Å². The summed E-state index contributed by atoms with van der Waals surface area (Å²) in [6, 6.07) is 2.61. The van der Waals surface area contributed by atoms with E-state index in [9.17, 15) is 18.4 Å². The van der Waals surface area contributed by atoms with Gasteiger partial charge >= 0.3 is 0 Å². The average Bonchev–Trinajstić information content (AvgIpc) is 3.27. The van der Waals surface area contributed by atoms with Gasteiger partial charge in [-0.2, -0.15) is 0 Å². The van der Waals surface area contributed by atoms with Gasteiger partial charge in [0.05, 0.1) is 12.5 Å². The first-order valence-electron chi connectivity index (χ1n) is 10.1. The number of nitrogens with zero attached hydrogens (tertiary/aromatic N) is 2. The lowest BCUT2D eigenvalue weighted by Crippen LogP contribution is -2.50. The molecule has 0 N–H and O–H groups in total. The first-order chi connectivity index (χ1) is 13.4. The van der Waals surface area contributed by atoms with E-state index in [2.05, 4.69) is 0 Å². The maximum absolute atomic E-state index is 15.5. The van der Waals surface area contributed by atoms with E-state index < -0.39 is 17.3 Å². The van der Waals surface area contributed by atoms with E-state index >= 15 is 4.39 Å². The second kappa shape index (κ2) is 7.41. The van der Waals surface area contributed by atoms with Crippen LogP contribution in [-0.4, -0.2) is 47.3 Å². The van der Waals surface area contributed by atoms with Crippen molar-refractivity contribution in [2.45, 2.75) is 56.7 Å². The van der Waals surface area contributed by atoms with Crippen LogP contribution in [0.3, 0.4) is 0 Å². The smallest absolute Gasteiger partial charge is 0.227 e. The quantitative estimate of drug-likeness (QED) is 0.787. The zero-order chi connectivity index (χ0) is 19.9. The largest absolute Gasteiger partial charge is 0.339 e. The Labute approximate surface area is 162 Å². The van der Waals surface area contributed by atoms with E-state index in [1.807, 2.05) is 4.90 Å². The van der Waals surface area contributed by atoms with Crippen molar-refractivity contribution in [1.82, 2.24) is 9.80 Å². The Balaban J connectivity index is 1.51. The van der Waals surface area contributed by atoms with Gasteiger partial charge in [-0.05, 0) is 37.0 Å². The molecule has 28 heavy (non-hydrogen) atoms. The zero-order valence-corrected chi connectivity index (χ0v) is 15.8. The predicted molar refractivity (Wildman–Crippen MR) is 97.0 cm³/mol. The van der Waals surface area contributed by atoms with Crippen molar-refractivity contribution in [3.05, 3.63) is 35.4 Å². The van der Waals surface area contributed by atoms with Crippen LogP contribution in [0.5, 0.6) is 0 Å². The number of rotatable bonds is 3. The molecule has 0 bridgehead atoms. The summed E-state index contributed by atoms with van der Waals surface area (Å²) in [5, 5.41) is 0. The highest BCUT2D eigenvalue weighted by atomic mass is 19.1. The van der Waals surface area contributed by atoms with Gasteiger partial charge in [0.25, 0.3) is 0 Å². The summed E-state index contributed by atoms with van der Waals surface area (Å²) in [6.45, 7) is 0.694. The lowest BCUT2D eigenvalue weighted by Gasteiger charge is -2.38. The Morgan fingerprint density at radius 1 is 1.04 bits per heavy atom. The predicted octanol–water partition coefficient (Wildman–Crippen LogP) is 3.54. The first-order valence-corrected chi connectivity index (χ1v) is 10.1. The lowest BCUT2D eigenvalue weighted by atomic mass is 9.82. The van der Waals surface area contributed by atoms with Crippen LogP contribution in [0.4, 0.5) is 13.2 Å². The monoisotopic (exact) mass is 394 g/mol. The van der Waals surface area contributed by atoms with Crippen LogP contribution in [0.1, 0.15) is 50.5 Å². The normalized spacial score (nSPS) is 30.9. The molecule has 4 nitrogen and oxygen atoms in total. The molecule has 2 heterocycles. The van der Waals surface area contributed by atoms with Crippen LogP contribution < -0.4 is 0 Å². The maximum Gasteiger partial charge on any atom is 0.227 e. The van der Waals surface area contributed by atoms with Gasteiger partial charge in [0.15, 0.2) is 5.67 Å². The van der Waals surface area contributed by atoms with Crippen LogP contribution in [0.2, 0.25) is 0 Å². The van der Waals surface area contributed by atoms with Crippen molar-refractivity contribution in [1.29, 1.82) is 0 Å². The molecule has 2 amide bonds. The number of carbonyl (C=O) groups is 2. The number of hydrogen-bond donors (Lipinski definition) is 0. The minimum absolute atomic E-state index is 0.0155. The average molecular weight is 394 g/mol. The number of halogens is 3. The van der Waals surface area contributed by atoms with Crippen LogP contribution in [0.25, 0.3) is 0 Å². The van der Waals surface area contributed by atoms with E-state index in [4.69, 9.17) is 0 Å². The van der Waals surface area contributed by atoms with Gasteiger partial charge in [0, 0.05) is 38.0 Å². The van der Waals surface area contributed by atoms with Gasteiger partial charge in [0.2, 0.25) is 11.8 Å². The van der Waals surface area contributed by atoms with Gasteiger partial charge < -0.3 is 9.80 Å². The van der Waals surface area contributed by atoms with E-state index in [0.29, 0.717) is 25.5 Å². The number of carbonyl (C=O) groups excluding carboxylic acids is 2. The fourth-order valence-electron chi connectivity index (χ4n) is 5.04. The van der Waals surface area contributed by atoms with E-state index in [-0.39, 0.29) is 48.8 Å². The minimum Gasteiger partial charge on any atom is -0.339 e. The zero-order valence-electron chi connectivity index (χ0n) is 15.8. The highest BCUT2D eigenvalue weighted by Crippen LogP contribution is 2.39. The molecule has 3 aliphatic rings. The van der Waals surface area contributed by atoms with E-state index in [1.165, 1.54) is 4.90 Å². The molecule has 4 rings (SSSR count). The molecule has 3 atom stereocenters. The second-order valence-corrected chi connectivity index (χ2v) is 8.28. The molecule has 1 aliphatic carbocycles. The summed E-state index contributed by atoms with van der Waals surface area (Å²) in [5.74, 6) is -2.00. The second-order valence-electron chi connectivity index (χ2n) is 8.28. The number of benzene rings is 1. The number of likely N-dealkylation sites (tertiary alicyclic amines) is 2. The van der Waals surface area contributed by atoms with Crippen molar-refractivity contribution in [3.63, 3.8) is 0 Å². The van der Waals surface area contributed by atoms with Crippen molar-refractivity contribution in [2.75, 3.05) is 19.6 Å². The minimum atomic E-state index is -1.95. The molecule has 0 spiro atoms. The van der Waals surface area contributed by atoms with Gasteiger partial charge in [-0.3, -0.25) is 9.59 Å². The van der Waals surface area contributed by atoms with Crippen molar-refractivity contribution < 1.29 is 22.8 Å². The first kappa shape index (κ1) is 19.3. The highest BCUT2D eigenvalue weighted by molar-refractivity contribution is 5.83. The van der Waals surface area contributed by atoms with Crippen LogP contribution in [-0.2, 0) is 15.3 Å². The highest BCUT2D eigenvalue weighted by Gasteiger charge is 2.46. The fourth-order valence-corrected chi connectivity index (χ4v) is 5.04. The third-order valence-electron chi connectivity index (χ3n) is 6.47. The van der Waals surface area contributed by atoms with Gasteiger partial charge in [-0.15, -0.1) is 0 Å². The summed E-state index contributed by atoms with van der Waals surface area (Å²) in [6.07, 6.45) is 4.75. The molecule has 0 radical (unpaired) electrons. The fraction of sp³-hybridized carbons (Fsp3) is 0.619. The molecular weight excluding hydrogens is 369 g/mol. The summed E-state index contributed by atoms with van der Waals surface area (Å²) < 4.78 is 42.5. The Morgan fingerprint density at radius 2 is 1.75 bits per heavy atom. The molecular formula is C21H25F3N2O2. The van der Waals surface area contributed by atoms with Gasteiger partial charge in [0.1, 0.15) is 11.6 Å².